The summed E-state index contributed by atoms with van der Waals surface area (Å²) < 4.78 is 0. The lowest BCUT2D eigenvalue weighted by Gasteiger charge is -2.25. The summed E-state index contributed by atoms with van der Waals surface area (Å²) in [4.78, 5) is 19.8. The molecule has 1 N–H and O–H groups in total. The van der Waals surface area contributed by atoms with Gasteiger partial charge in [0, 0.05) is 35.1 Å². The summed E-state index contributed by atoms with van der Waals surface area (Å²) in [5.74, 6) is 0. The van der Waals surface area contributed by atoms with Crippen LogP contribution in [0, 0.1) is 0 Å². The van der Waals surface area contributed by atoms with Gasteiger partial charge in [-0.2, -0.15) is 0 Å². The van der Waals surface area contributed by atoms with Crippen LogP contribution in [-0.4, -0.2) is 35.8 Å². The summed E-state index contributed by atoms with van der Waals surface area (Å²) in [6.45, 7) is 3.29. The van der Waals surface area contributed by atoms with Gasteiger partial charge in [-0.25, -0.2) is 4.79 Å². The number of oxime groups is 1. The SMILES string of the molecule is CCNC(=O)N(Cc1cccc(Cl)c1)C[C@H]1CC(c2ccccc2Cl)=NO1. The Morgan fingerprint density at radius 2 is 2.07 bits per heavy atom. The van der Waals surface area contributed by atoms with Gasteiger partial charge in [0.15, 0.2) is 6.10 Å². The van der Waals surface area contributed by atoms with E-state index in [0.717, 1.165) is 16.8 Å². The molecule has 1 aliphatic heterocycles. The zero-order chi connectivity index (χ0) is 19.2. The number of carbonyl (C=O) groups excluding carboxylic acids is 1. The molecule has 0 saturated carbocycles. The average molecular weight is 406 g/mol. The zero-order valence-corrected chi connectivity index (χ0v) is 16.5. The van der Waals surface area contributed by atoms with Gasteiger partial charge in [-0.05, 0) is 30.7 Å². The van der Waals surface area contributed by atoms with E-state index in [9.17, 15) is 4.79 Å². The van der Waals surface area contributed by atoms with E-state index < -0.39 is 0 Å². The van der Waals surface area contributed by atoms with Crippen molar-refractivity contribution in [3.8, 4) is 0 Å². The molecular formula is C20H21Cl2N3O2. The van der Waals surface area contributed by atoms with Crippen LogP contribution in [0.5, 0.6) is 0 Å². The number of hydrogen-bond acceptors (Lipinski definition) is 3. The highest BCUT2D eigenvalue weighted by Gasteiger charge is 2.27. The maximum Gasteiger partial charge on any atom is 0.317 e. The minimum absolute atomic E-state index is 0.146. The van der Waals surface area contributed by atoms with Crippen molar-refractivity contribution in [2.45, 2.75) is 26.0 Å². The smallest absolute Gasteiger partial charge is 0.317 e. The van der Waals surface area contributed by atoms with Crippen LogP contribution in [0.1, 0.15) is 24.5 Å². The molecule has 1 aliphatic rings. The molecular weight excluding hydrogens is 385 g/mol. The first-order valence-corrected chi connectivity index (χ1v) is 9.57. The normalized spacial score (nSPS) is 15.8. The highest BCUT2D eigenvalue weighted by Crippen LogP contribution is 2.24. The quantitative estimate of drug-likeness (QED) is 0.755. The summed E-state index contributed by atoms with van der Waals surface area (Å²) in [5, 5.41) is 8.31. The highest BCUT2D eigenvalue weighted by molar-refractivity contribution is 6.34. The van der Waals surface area contributed by atoms with Crippen molar-refractivity contribution in [1.82, 2.24) is 10.2 Å². The van der Waals surface area contributed by atoms with Crippen LogP contribution in [0.15, 0.2) is 53.7 Å². The van der Waals surface area contributed by atoms with Gasteiger partial charge in [0.25, 0.3) is 0 Å². The molecule has 0 bridgehead atoms. The molecule has 1 atom stereocenters. The second-order valence-corrected chi connectivity index (χ2v) is 7.14. The largest absolute Gasteiger partial charge is 0.390 e. The van der Waals surface area contributed by atoms with E-state index in [0.29, 0.717) is 36.1 Å². The molecule has 0 fully saturated rings. The number of benzene rings is 2. The van der Waals surface area contributed by atoms with Gasteiger partial charge in [0.1, 0.15) is 0 Å². The summed E-state index contributed by atoms with van der Waals surface area (Å²) in [6.07, 6.45) is 0.368. The van der Waals surface area contributed by atoms with Crippen LogP contribution < -0.4 is 5.32 Å². The second-order valence-electron chi connectivity index (χ2n) is 6.30. The maximum atomic E-state index is 12.5. The van der Waals surface area contributed by atoms with E-state index in [1.165, 1.54) is 0 Å². The van der Waals surface area contributed by atoms with Gasteiger partial charge in [0.05, 0.1) is 12.3 Å². The third kappa shape index (κ3) is 5.15. The summed E-state index contributed by atoms with van der Waals surface area (Å²) in [6, 6.07) is 14.9. The number of amides is 2. The van der Waals surface area contributed by atoms with Crippen molar-refractivity contribution < 1.29 is 9.63 Å². The van der Waals surface area contributed by atoms with E-state index in [2.05, 4.69) is 10.5 Å². The molecule has 5 nitrogen and oxygen atoms in total. The molecule has 2 amide bonds. The van der Waals surface area contributed by atoms with Gasteiger partial charge in [0.2, 0.25) is 0 Å². The predicted molar refractivity (Wildman–Crippen MR) is 108 cm³/mol. The standard InChI is InChI=1S/C20H21Cl2N3O2/c1-2-23-20(26)25(12-14-6-5-7-15(21)10-14)13-16-11-19(24-27-16)17-8-3-4-9-18(17)22/h3-10,16H,2,11-13H2,1H3,(H,23,26)/t16-/m1/s1. The zero-order valence-electron chi connectivity index (χ0n) is 15.0. The number of carbonyl (C=O) groups is 1. The number of nitrogens with zero attached hydrogens (tertiary/aromatic N) is 2. The Labute approximate surface area is 168 Å². The minimum atomic E-state index is -0.224. The molecule has 0 aliphatic carbocycles. The van der Waals surface area contributed by atoms with Crippen LogP contribution in [0.4, 0.5) is 4.79 Å². The van der Waals surface area contributed by atoms with Gasteiger partial charge < -0.3 is 15.1 Å². The molecule has 27 heavy (non-hydrogen) atoms. The highest BCUT2D eigenvalue weighted by atomic mass is 35.5. The van der Waals surface area contributed by atoms with Gasteiger partial charge in [-0.15, -0.1) is 0 Å². The van der Waals surface area contributed by atoms with Gasteiger partial charge in [-0.1, -0.05) is 58.7 Å². The Bertz CT molecular complexity index is 841. The number of urea groups is 1. The summed E-state index contributed by atoms with van der Waals surface area (Å²) in [5.41, 5.74) is 2.62. The van der Waals surface area contributed by atoms with E-state index in [4.69, 9.17) is 28.0 Å². The molecule has 142 valence electrons. The fraction of sp³-hybridized carbons (Fsp3) is 0.300. The van der Waals surface area contributed by atoms with Crippen molar-refractivity contribution >= 4 is 34.9 Å². The molecule has 0 unspecified atom stereocenters. The first-order valence-electron chi connectivity index (χ1n) is 8.81. The Kier molecular flexibility index (Phi) is 6.58. The Hall–Kier alpha value is -2.24. The molecule has 1 heterocycles. The third-order valence-corrected chi connectivity index (χ3v) is 4.78. The lowest BCUT2D eigenvalue weighted by Crippen LogP contribution is -2.43. The van der Waals surface area contributed by atoms with Gasteiger partial charge >= 0.3 is 6.03 Å². The fourth-order valence-electron chi connectivity index (χ4n) is 2.96. The second kappa shape index (κ2) is 9.11. The number of hydrogen-bond donors (Lipinski definition) is 1. The van der Waals surface area contributed by atoms with Crippen LogP contribution in [0.2, 0.25) is 10.0 Å². The summed E-state index contributed by atoms with van der Waals surface area (Å²) in [7, 11) is 0. The van der Waals surface area contributed by atoms with Crippen molar-refractivity contribution in [2.75, 3.05) is 13.1 Å². The van der Waals surface area contributed by atoms with E-state index in [1.807, 2.05) is 55.5 Å². The van der Waals surface area contributed by atoms with Crippen molar-refractivity contribution in [3.63, 3.8) is 0 Å². The van der Waals surface area contributed by atoms with Crippen LogP contribution in [0.3, 0.4) is 0 Å². The van der Waals surface area contributed by atoms with Crippen LogP contribution >= 0.6 is 23.2 Å². The number of nitrogens with one attached hydrogen (secondary N) is 1. The molecule has 2 aromatic carbocycles. The molecule has 7 heteroatoms. The monoisotopic (exact) mass is 405 g/mol. The lowest BCUT2D eigenvalue weighted by molar-refractivity contribution is 0.0590. The molecule has 0 aromatic heterocycles. The molecule has 3 rings (SSSR count). The van der Waals surface area contributed by atoms with Crippen LogP contribution in [0.25, 0.3) is 0 Å². The number of halogens is 2. The minimum Gasteiger partial charge on any atom is -0.390 e. The van der Waals surface area contributed by atoms with E-state index in [1.54, 1.807) is 4.90 Å². The topological polar surface area (TPSA) is 53.9 Å². The molecule has 2 aromatic rings. The Morgan fingerprint density at radius 1 is 1.26 bits per heavy atom. The maximum absolute atomic E-state index is 12.5. The van der Waals surface area contributed by atoms with E-state index >= 15 is 0 Å². The van der Waals surface area contributed by atoms with Crippen molar-refractivity contribution in [1.29, 1.82) is 0 Å². The average Bonchev–Trinajstić information content (AvgIpc) is 3.10. The van der Waals surface area contributed by atoms with Crippen molar-refractivity contribution in [2.24, 2.45) is 5.16 Å². The van der Waals surface area contributed by atoms with Crippen molar-refractivity contribution in [3.05, 3.63) is 69.7 Å². The Balaban J connectivity index is 1.68. The third-order valence-electron chi connectivity index (χ3n) is 4.22. The van der Waals surface area contributed by atoms with E-state index in [-0.39, 0.29) is 12.1 Å². The van der Waals surface area contributed by atoms with Crippen LogP contribution in [-0.2, 0) is 11.4 Å². The molecule has 0 saturated heterocycles. The number of rotatable bonds is 6. The first kappa shape index (κ1) is 19.5. The fourth-order valence-corrected chi connectivity index (χ4v) is 3.42. The molecule has 0 spiro atoms. The molecule has 0 radical (unpaired) electrons. The first-order chi connectivity index (χ1) is 13.1. The predicted octanol–water partition coefficient (Wildman–Crippen LogP) is 4.72. The van der Waals surface area contributed by atoms with Gasteiger partial charge in [-0.3, -0.25) is 0 Å². The summed E-state index contributed by atoms with van der Waals surface area (Å²) >= 11 is 12.3. The lowest BCUT2D eigenvalue weighted by atomic mass is 10.0. The Morgan fingerprint density at radius 3 is 2.81 bits per heavy atom.